The number of nitrogen functional groups attached to an aromatic ring is 1. The van der Waals surface area contributed by atoms with Gasteiger partial charge in [0.25, 0.3) is 0 Å². The first kappa shape index (κ1) is 10.6. The average Bonchev–Trinajstić information content (AvgIpc) is 2.68. The van der Waals surface area contributed by atoms with E-state index in [-0.39, 0.29) is 0 Å². The average molecular weight is 251 g/mol. The van der Waals surface area contributed by atoms with Crippen molar-refractivity contribution in [1.29, 1.82) is 0 Å². The maximum atomic E-state index is 11.1. The summed E-state index contributed by atoms with van der Waals surface area (Å²) >= 11 is 1.95. The van der Waals surface area contributed by atoms with Crippen molar-refractivity contribution < 1.29 is 4.42 Å². The second-order valence-electron chi connectivity index (χ2n) is 4.02. The molecule has 1 aromatic carbocycles. The van der Waals surface area contributed by atoms with Gasteiger partial charge in [-0.1, -0.05) is 0 Å². The van der Waals surface area contributed by atoms with Crippen LogP contribution in [0.3, 0.4) is 0 Å². The Morgan fingerprint density at radius 3 is 2.88 bits per heavy atom. The summed E-state index contributed by atoms with van der Waals surface area (Å²) in [5.74, 6) is 1.78. The smallest absolute Gasteiger partial charge is 0.408 e. The van der Waals surface area contributed by atoms with Gasteiger partial charge in [-0.2, -0.15) is 11.8 Å². The number of H-pyrrole nitrogens is 1. The molecular formula is C11H13N3O2S. The first-order valence-corrected chi connectivity index (χ1v) is 6.64. The third-order valence-electron chi connectivity index (χ3n) is 2.92. The van der Waals surface area contributed by atoms with Gasteiger partial charge in [-0.25, -0.2) is 4.79 Å². The summed E-state index contributed by atoms with van der Waals surface area (Å²) in [4.78, 5) is 16.0. The predicted octanol–water partition coefficient (Wildman–Crippen LogP) is 1.26. The summed E-state index contributed by atoms with van der Waals surface area (Å²) in [6, 6.07) is 3.61. The van der Waals surface area contributed by atoms with Crippen LogP contribution in [0.15, 0.2) is 21.3 Å². The second kappa shape index (κ2) is 4.03. The molecular weight excluding hydrogens is 238 g/mol. The first-order chi connectivity index (χ1) is 8.24. The molecule has 0 aliphatic carbocycles. The van der Waals surface area contributed by atoms with E-state index in [2.05, 4.69) is 9.88 Å². The number of oxazole rings is 1. The molecule has 2 heterocycles. The molecule has 6 heteroatoms. The minimum atomic E-state index is -0.439. The summed E-state index contributed by atoms with van der Waals surface area (Å²) in [7, 11) is 0. The van der Waals surface area contributed by atoms with Gasteiger partial charge in [0.1, 0.15) is 0 Å². The van der Waals surface area contributed by atoms with Gasteiger partial charge in [0.15, 0.2) is 5.58 Å². The van der Waals surface area contributed by atoms with E-state index in [1.165, 1.54) is 0 Å². The van der Waals surface area contributed by atoms with Crippen molar-refractivity contribution in [2.45, 2.75) is 0 Å². The number of nitrogens with two attached hydrogens (primary N) is 1. The summed E-state index contributed by atoms with van der Waals surface area (Å²) in [6.07, 6.45) is 0. The van der Waals surface area contributed by atoms with Crippen LogP contribution in [0.4, 0.5) is 11.4 Å². The molecule has 2 aromatic rings. The van der Waals surface area contributed by atoms with E-state index in [0.717, 1.165) is 30.3 Å². The zero-order valence-electron chi connectivity index (χ0n) is 9.23. The Morgan fingerprint density at radius 2 is 2.12 bits per heavy atom. The maximum Gasteiger partial charge on any atom is 0.417 e. The molecule has 3 N–H and O–H groups in total. The number of hydrogen-bond donors (Lipinski definition) is 2. The fourth-order valence-corrected chi connectivity index (χ4v) is 2.98. The van der Waals surface area contributed by atoms with Crippen molar-refractivity contribution in [3.05, 3.63) is 22.7 Å². The van der Waals surface area contributed by atoms with Crippen molar-refractivity contribution in [3.8, 4) is 0 Å². The molecule has 0 unspecified atom stereocenters. The topological polar surface area (TPSA) is 75.3 Å². The monoisotopic (exact) mass is 251 g/mol. The number of rotatable bonds is 1. The molecule has 17 heavy (non-hydrogen) atoms. The van der Waals surface area contributed by atoms with Crippen LogP contribution in [0.1, 0.15) is 0 Å². The van der Waals surface area contributed by atoms with Crippen molar-refractivity contribution in [2.75, 3.05) is 35.2 Å². The largest absolute Gasteiger partial charge is 0.417 e. The molecule has 0 atom stereocenters. The number of fused-ring (bicyclic) bond motifs is 1. The van der Waals surface area contributed by atoms with Gasteiger partial charge in [0, 0.05) is 30.7 Å². The second-order valence-corrected chi connectivity index (χ2v) is 5.25. The third-order valence-corrected chi connectivity index (χ3v) is 3.86. The summed E-state index contributed by atoms with van der Waals surface area (Å²) in [5.41, 5.74) is 8.87. The molecule has 0 radical (unpaired) electrons. The Balaban J connectivity index is 2.08. The van der Waals surface area contributed by atoms with Gasteiger partial charge in [-0.05, 0) is 6.07 Å². The third kappa shape index (κ3) is 1.88. The van der Waals surface area contributed by atoms with E-state index >= 15 is 0 Å². The van der Waals surface area contributed by atoms with E-state index < -0.39 is 5.76 Å². The van der Waals surface area contributed by atoms with Crippen LogP contribution < -0.4 is 16.4 Å². The lowest BCUT2D eigenvalue weighted by Gasteiger charge is -2.29. The normalized spacial score (nSPS) is 16.6. The van der Waals surface area contributed by atoms with Gasteiger partial charge in [0.2, 0.25) is 0 Å². The highest BCUT2D eigenvalue weighted by Crippen LogP contribution is 2.29. The molecule has 5 nitrogen and oxygen atoms in total. The van der Waals surface area contributed by atoms with Gasteiger partial charge >= 0.3 is 5.76 Å². The summed E-state index contributed by atoms with van der Waals surface area (Å²) < 4.78 is 4.98. The van der Waals surface area contributed by atoms with Gasteiger partial charge < -0.3 is 15.1 Å². The van der Waals surface area contributed by atoms with Crippen LogP contribution in [0.25, 0.3) is 11.1 Å². The lowest BCUT2D eigenvalue weighted by molar-refractivity contribution is 0.555. The number of anilines is 2. The molecule has 1 aromatic heterocycles. The van der Waals surface area contributed by atoms with Crippen LogP contribution in [0, 0.1) is 0 Å². The number of hydrogen-bond acceptors (Lipinski definition) is 5. The van der Waals surface area contributed by atoms with Gasteiger partial charge in [-0.15, -0.1) is 0 Å². The van der Waals surface area contributed by atoms with Crippen LogP contribution in [-0.4, -0.2) is 29.6 Å². The number of aromatic amines is 1. The number of aromatic nitrogens is 1. The minimum Gasteiger partial charge on any atom is -0.408 e. The fourth-order valence-electron chi connectivity index (χ4n) is 2.08. The van der Waals surface area contributed by atoms with E-state index in [4.69, 9.17) is 10.2 Å². The Hall–Kier alpha value is -1.56. The predicted molar refractivity (Wildman–Crippen MR) is 70.8 cm³/mol. The number of thioether (sulfide) groups is 1. The molecule has 1 fully saturated rings. The van der Waals surface area contributed by atoms with Gasteiger partial charge in [0.05, 0.1) is 16.9 Å². The molecule has 3 rings (SSSR count). The minimum absolute atomic E-state index is 0.439. The SMILES string of the molecule is Nc1cc2oc(=O)[nH]c2cc1N1CCSCC1. The van der Waals surface area contributed by atoms with Crippen molar-refractivity contribution in [1.82, 2.24) is 4.98 Å². The fraction of sp³-hybridized carbons (Fsp3) is 0.364. The zero-order chi connectivity index (χ0) is 11.8. The Kier molecular flexibility index (Phi) is 2.51. The number of nitrogens with one attached hydrogen (secondary N) is 1. The molecule has 90 valence electrons. The zero-order valence-corrected chi connectivity index (χ0v) is 10.0. The summed E-state index contributed by atoms with van der Waals surface area (Å²) in [6.45, 7) is 1.98. The Labute approximate surface area is 102 Å². The van der Waals surface area contributed by atoms with E-state index in [9.17, 15) is 4.79 Å². The quantitative estimate of drug-likeness (QED) is 0.746. The lowest BCUT2D eigenvalue weighted by Crippen LogP contribution is -2.32. The maximum absolute atomic E-state index is 11.1. The molecule has 0 amide bonds. The van der Waals surface area contributed by atoms with Gasteiger partial charge in [-0.3, -0.25) is 4.98 Å². The number of benzene rings is 1. The van der Waals surface area contributed by atoms with Crippen LogP contribution in [0.2, 0.25) is 0 Å². The van der Waals surface area contributed by atoms with Crippen molar-refractivity contribution in [3.63, 3.8) is 0 Å². The van der Waals surface area contributed by atoms with Crippen LogP contribution in [-0.2, 0) is 0 Å². The molecule has 0 spiro atoms. The van der Waals surface area contributed by atoms with Crippen molar-refractivity contribution in [2.24, 2.45) is 0 Å². The highest BCUT2D eigenvalue weighted by Gasteiger charge is 2.15. The molecule has 1 aliphatic heterocycles. The number of nitrogens with zero attached hydrogens (tertiary/aromatic N) is 1. The molecule has 1 saturated heterocycles. The van der Waals surface area contributed by atoms with E-state index in [0.29, 0.717) is 16.8 Å². The Morgan fingerprint density at radius 1 is 1.35 bits per heavy atom. The highest BCUT2D eigenvalue weighted by molar-refractivity contribution is 7.99. The highest BCUT2D eigenvalue weighted by atomic mass is 32.2. The standard InChI is InChI=1S/C11H13N3O2S/c12-7-5-10-8(13-11(15)16-10)6-9(7)14-1-3-17-4-2-14/h5-6H,1-4,12H2,(H,13,15). The lowest BCUT2D eigenvalue weighted by atomic mass is 10.2. The first-order valence-electron chi connectivity index (χ1n) is 5.49. The summed E-state index contributed by atoms with van der Waals surface area (Å²) in [5, 5.41) is 0. The molecule has 0 bridgehead atoms. The Bertz CT molecular complexity index is 598. The van der Waals surface area contributed by atoms with Crippen LogP contribution in [0.5, 0.6) is 0 Å². The van der Waals surface area contributed by atoms with E-state index in [1.807, 2.05) is 17.8 Å². The molecule has 0 saturated carbocycles. The van der Waals surface area contributed by atoms with E-state index in [1.54, 1.807) is 6.07 Å². The van der Waals surface area contributed by atoms with Crippen molar-refractivity contribution >= 4 is 34.2 Å². The molecule has 1 aliphatic rings. The van der Waals surface area contributed by atoms with Crippen LogP contribution >= 0.6 is 11.8 Å².